The van der Waals surface area contributed by atoms with Crippen LogP contribution >= 0.6 is 11.6 Å². The van der Waals surface area contributed by atoms with E-state index in [0.29, 0.717) is 5.56 Å². The molecule has 3 aromatic carbocycles. The van der Waals surface area contributed by atoms with Crippen molar-refractivity contribution in [1.29, 1.82) is 0 Å². The molecule has 1 N–H and O–H groups in total. The molecule has 0 aliphatic heterocycles. The van der Waals surface area contributed by atoms with Crippen LogP contribution in [-0.2, 0) is 32.6 Å². The highest BCUT2D eigenvalue weighted by molar-refractivity contribution is 7.92. The SMILES string of the molecule is CNC(=O)C(Cc1ccccc1)N(Cc1ccc(F)cc1)C(=O)CN(c1cc(Cl)ccc1OC)S(C)(=O)=O. The number of carbonyl (C=O) groups excluding carboxylic acids is 2. The number of carbonyl (C=O) groups is 2. The van der Waals surface area contributed by atoms with E-state index in [9.17, 15) is 22.4 Å². The predicted octanol–water partition coefficient (Wildman–Crippen LogP) is 3.64. The first-order valence-corrected chi connectivity index (χ1v) is 13.9. The number of benzene rings is 3. The first-order valence-electron chi connectivity index (χ1n) is 11.6. The van der Waals surface area contributed by atoms with Gasteiger partial charge in [-0.2, -0.15) is 0 Å². The first kappa shape index (κ1) is 28.9. The number of sulfonamides is 1. The molecule has 0 aromatic heterocycles. The van der Waals surface area contributed by atoms with Gasteiger partial charge in [0.15, 0.2) is 0 Å². The average Bonchev–Trinajstić information content (AvgIpc) is 2.89. The first-order chi connectivity index (χ1) is 18.0. The van der Waals surface area contributed by atoms with Crippen molar-refractivity contribution < 1.29 is 27.1 Å². The quantitative estimate of drug-likeness (QED) is 0.386. The van der Waals surface area contributed by atoms with E-state index in [4.69, 9.17) is 16.3 Å². The van der Waals surface area contributed by atoms with Gasteiger partial charge in [0.25, 0.3) is 0 Å². The Bertz CT molecular complexity index is 1370. The highest BCUT2D eigenvalue weighted by Gasteiger charge is 2.33. The standard InChI is InChI=1S/C27H29ClFN3O5S/c1-30-27(34)24(15-19-7-5-4-6-8-19)31(17-20-9-12-22(29)13-10-20)26(33)18-32(38(3,35)36)23-16-21(28)11-14-25(23)37-2/h4-14,16,24H,15,17-18H2,1-3H3,(H,30,34). The number of hydrogen-bond acceptors (Lipinski definition) is 5. The summed E-state index contributed by atoms with van der Waals surface area (Å²) in [5, 5.41) is 2.84. The van der Waals surface area contributed by atoms with Crippen molar-refractivity contribution in [1.82, 2.24) is 10.2 Å². The van der Waals surface area contributed by atoms with Gasteiger partial charge in [-0.1, -0.05) is 54.1 Å². The summed E-state index contributed by atoms with van der Waals surface area (Å²) < 4.78 is 45.5. The topological polar surface area (TPSA) is 96.0 Å². The lowest BCUT2D eigenvalue weighted by Crippen LogP contribution is -2.52. The molecule has 0 saturated carbocycles. The van der Waals surface area contributed by atoms with Gasteiger partial charge in [-0.25, -0.2) is 12.8 Å². The van der Waals surface area contributed by atoms with Gasteiger partial charge < -0.3 is 15.0 Å². The number of rotatable bonds is 11. The van der Waals surface area contributed by atoms with Crippen LogP contribution in [0.5, 0.6) is 5.75 Å². The van der Waals surface area contributed by atoms with E-state index >= 15 is 0 Å². The van der Waals surface area contributed by atoms with Crippen molar-refractivity contribution in [3.05, 3.63) is 94.8 Å². The summed E-state index contributed by atoms with van der Waals surface area (Å²) in [4.78, 5) is 28.2. The lowest BCUT2D eigenvalue weighted by Gasteiger charge is -2.33. The number of methoxy groups -OCH3 is 1. The Morgan fingerprint density at radius 1 is 1.03 bits per heavy atom. The largest absolute Gasteiger partial charge is 0.495 e. The Hall–Kier alpha value is -3.63. The van der Waals surface area contributed by atoms with Gasteiger partial charge in [0.05, 0.1) is 19.1 Å². The van der Waals surface area contributed by atoms with E-state index in [2.05, 4.69) is 5.32 Å². The van der Waals surface area contributed by atoms with Crippen molar-refractivity contribution in [2.75, 3.05) is 31.3 Å². The van der Waals surface area contributed by atoms with Crippen LogP contribution in [0.25, 0.3) is 0 Å². The minimum absolute atomic E-state index is 0.0612. The maximum absolute atomic E-state index is 13.9. The van der Waals surface area contributed by atoms with Crippen molar-refractivity contribution >= 4 is 39.1 Å². The number of halogens is 2. The third-order valence-electron chi connectivity index (χ3n) is 5.87. The van der Waals surface area contributed by atoms with Crippen LogP contribution in [0.15, 0.2) is 72.8 Å². The number of amides is 2. The summed E-state index contributed by atoms with van der Waals surface area (Å²) in [6, 6.07) is 18.1. The van der Waals surface area contributed by atoms with Gasteiger partial charge in [-0.15, -0.1) is 0 Å². The number of likely N-dealkylation sites (N-methyl/N-ethyl adjacent to an activating group) is 1. The third-order valence-corrected chi connectivity index (χ3v) is 7.23. The molecule has 0 spiro atoms. The molecular weight excluding hydrogens is 533 g/mol. The lowest BCUT2D eigenvalue weighted by molar-refractivity contribution is -0.139. The smallest absolute Gasteiger partial charge is 0.244 e. The second-order valence-electron chi connectivity index (χ2n) is 8.55. The summed E-state index contributed by atoms with van der Waals surface area (Å²) in [7, 11) is -1.16. The number of anilines is 1. The average molecular weight is 562 g/mol. The molecule has 2 amide bonds. The van der Waals surface area contributed by atoms with Gasteiger partial charge in [0, 0.05) is 25.0 Å². The molecule has 11 heteroatoms. The van der Waals surface area contributed by atoms with Crippen molar-refractivity contribution in [2.45, 2.75) is 19.0 Å². The molecule has 0 bridgehead atoms. The van der Waals surface area contributed by atoms with Gasteiger partial charge in [0.2, 0.25) is 21.8 Å². The maximum Gasteiger partial charge on any atom is 0.244 e. The van der Waals surface area contributed by atoms with E-state index < -0.39 is 40.2 Å². The number of ether oxygens (including phenoxy) is 1. The molecule has 0 saturated heterocycles. The Morgan fingerprint density at radius 3 is 2.26 bits per heavy atom. The van der Waals surface area contributed by atoms with E-state index in [1.165, 1.54) is 61.5 Å². The predicted molar refractivity (Wildman–Crippen MR) is 145 cm³/mol. The van der Waals surface area contributed by atoms with Crippen molar-refractivity contribution in [2.24, 2.45) is 0 Å². The minimum atomic E-state index is -3.99. The summed E-state index contributed by atoms with van der Waals surface area (Å²) in [6.07, 6.45) is 1.14. The second-order valence-corrected chi connectivity index (χ2v) is 10.9. The summed E-state index contributed by atoms with van der Waals surface area (Å²) in [5.41, 5.74) is 1.44. The molecule has 38 heavy (non-hydrogen) atoms. The van der Waals surface area contributed by atoms with Gasteiger partial charge in [-0.3, -0.25) is 13.9 Å². The van der Waals surface area contributed by atoms with E-state index in [1.807, 2.05) is 30.3 Å². The molecule has 0 fully saturated rings. The molecule has 0 heterocycles. The van der Waals surface area contributed by atoms with Gasteiger partial charge >= 0.3 is 0 Å². The molecule has 3 aromatic rings. The van der Waals surface area contributed by atoms with Crippen LogP contribution in [0.2, 0.25) is 5.02 Å². The third kappa shape index (κ3) is 7.45. The molecule has 1 atom stereocenters. The van der Waals surface area contributed by atoms with E-state index in [1.54, 1.807) is 0 Å². The second kappa shape index (κ2) is 12.7. The molecule has 1 unspecified atom stereocenters. The molecule has 8 nitrogen and oxygen atoms in total. The highest BCUT2D eigenvalue weighted by atomic mass is 35.5. The monoisotopic (exact) mass is 561 g/mol. The van der Waals surface area contributed by atoms with Crippen LogP contribution in [0.3, 0.4) is 0 Å². The molecule has 202 valence electrons. The van der Waals surface area contributed by atoms with Gasteiger partial charge in [-0.05, 0) is 41.5 Å². The van der Waals surface area contributed by atoms with Crippen LogP contribution in [-0.4, -0.2) is 58.1 Å². The van der Waals surface area contributed by atoms with Crippen LogP contribution < -0.4 is 14.4 Å². The van der Waals surface area contributed by atoms with Crippen LogP contribution in [0.1, 0.15) is 11.1 Å². The Morgan fingerprint density at radius 2 is 1.68 bits per heavy atom. The highest BCUT2D eigenvalue weighted by Crippen LogP contribution is 2.33. The zero-order valence-electron chi connectivity index (χ0n) is 21.2. The number of nitrogens with one attached hydrogen (secondary N) is 1. The summed E-state index contributed by atoms with van der Waals surface area (Å²) in [5.74, 6) is -1.33. The molecular formula is C27H29ClFN3O5S. The Labute approximate surface area is 227 Å². The minimum Gasteiger partial charge on any atom is -0.495 e. The summed E-state index contributed by atoms with van der Waals surface area (Å²) >= 11 is 6.13. The molecule has 0 radical (unpaired) electrons. The van der Waals surface area contributed by atoms with Gasteiger partial charge in [0.1, 0.15) is 24.2 Å². The Kier molecular flexibility index (Phi) is 9.71. The van der Waals surface area contributed by atoms with E-state index in [-0.39, 0.29) is 29.4 Å². The fourth-order valence-corrected chi connectivity index (χ4v) is 4.97. The zero-order valence-corrected chi connectivity index (χ0v) is 22.8. The number of hydrogen-bond donors (Lipinski definition) is 1. The fraction of sp³-hybridized carbons (Fsp3) is 0.259. The molecule has 0 aliphatic rings. The lowest BCUT2D eigenvalue weighted by atomic mass is 10.0. The van der Waals surface area contributed by atoms with E-state index in [0.717, 1.165) is 16.1 Å². The van der Waals surface area contributed by atoms with Crippen LogP contribution in [0.4, 0.5) is 10.1 Å². The van der Waals surface area contributed by atoms with Crippen LogP contribution in [0, 0.1) is 5.82 Å². The molecule has 3 rings (SSSR count). The fourth-order valence-electron chi connectivity index (χ4n) is 3.96. The number of nitrogens with zero attached hydrogens (tertiary/aromatic N) is 2. The van der Waals surface area contributed by atoms with Crippen molar-refractivity contribution in [3.63, 3.8) is 0 Å². The molecule has 0 aliphatic carbocycles. The summed E-state index contributed by atoms with van der Waals surface area (Å²) in [6.45, 7) is -0.687. The normalized spacial score (nSPS) is 11.9. The van der Waals surface area contributed by atoms with Crippen molar-refractivity contribution in [3.8, 4) is 5.75 Å². The maximum atomic E-state index is 13.9. The Balaban J connectivity index is 2.06. The zero-order chi connectivity index (χ0) is 27.9.